The standard InChI is InChI=1S/C22H36O3/c1-4-5-6-7-8-9-10-11-12-13-18-21(22(23)24-3)25-20-17-15-14-16-19(20)2/h14-17,21H,4-13,18H2,1-3H3. The van der Waals surface area contributed by atoms with E-state index in [1.165, 1.54) is 58.5 Å². The van der Waals surface area contributed by atoms with Gasteiger partial charge in [0.2, 0.25) is 0 Å². The van der Waals surface area contributed by atoms with Gasteiger partial charge in [0.05, 0.1) is 7.11 Å². The first-order valence-electron chi connectivity index (χ1n) is 9.99. The molecule has 1 unspecified atom stereocenters. The lowest BCUT2D eigenvalue weighted by Crippen LogP contribution is -2.28. The van der Waals surface area contributed by atoms with Gasteiger partial charge in [0.15, 0.2) is 6.10 Å². The summed E-state index contributed by atoms with van der Waals surface area (Å²) < 4.78 is 10.8. The summed E-state index contributed by atoms with van der Waals surface area (Å²) in [4.78, 5) is 12.0. The van der Waals surface area contributed by atoms with Gasteiger partial charge in [-0.2, -0.15) is 0 Å². The Labute approximate surface area is 154 Å². The van der Waals surface area contributed by atoms with Gasteiger partial charge < -0.3 is 9.47 Å². The molecule has 0 aromatic heterocycles. The van der Waals surface area contributed by atoms with Gasteiger partial charge in [0.25, 0.3) is 0 Å². The molecule has 1 rings (SSSR count). The van der Waals surface area contributed by atoms with Crippen molar-refractivity contribution in [3.05, 3.63) is 29.8 Å². The predicted octanol–water partition coefficient (Wildman–Crippen LogP) is 6.23. The van der Waals surface area contributed by atoms with Crippen molar-refractivity contribution in [1.29, 1.82) is 0 Å². The zero-order valence-corrected chi connectivity index (χ0v) is 16.4. The van der Waals surface area contributed by atoms with E-state index in [2.05, 4.69) is 6.92 Å². The average Bonchev–Trinajstić information content (AvgIpc) is 2.63. The van der Waals surface area contributed by atoms with Gasteiger partial charge in [-0.3, -0.25) is 0 Å². The number of aryl methyl sites for hydroxylation is 1. The van der Waals surface area contributed by atoms with Crippen molar-refractivity contribution >= 4 is 5.97 Å². The fourth-order valence-corrected chi connectivity index (χ4v) is 3.02. The van der Waals surface area contributed by atoms with E-state index in [-0.39, 0.29) is 5.97 Å². The summed E-state index contributed by atoms with van der Waals surface area (Å²) in [6.07, 6.45) is 13.1. The molecule has 0 aliphatic carbocycles. The van der Waals surface area contributed by atoms with Crippen LogP contribution in [-0.4, -0.2) is 19.2 Å². The fraction of sp³-hybridized carbons (Fsp3) is 0.682. The normalized spacial score (nSPS) is 12.0. The molecule has 1 aromatic carbocycles. The molecule has 0 radical (unpaired) electrons. The maximum absolute atomic E-state index is 12.0. The number of unbranched alkanes of at least 4 members (excludes halogenated alkanes) is 9. The van der Waals surface area contributed by atoms with Crippen LogP contribution < -0.4 is 4.74 Å². The van der Waals surface area contributed by atoms with Crippen LogP contribution in [0.2, 0.25) is 0 Å². The Hall–Kier alpha value is -1.51. The molecule has 0 saturated heterocycles. The number of para-hydroxylation sites is 1. The summed E-state index contributed by atoms with van der Waals surface area (Å²) in [6.45, 7) is 4.24. The first-order valence-corrected chi connectivity index (χ1v) is 9.99. The van der Waals surface area contributed by atoms with Gasteiger partial charge in [-0.25, -0.2) is 4.79 Å². The third-order valence-corrected chi connectivity index (χ3v) is 4.65. The van der Waals surface area contributed by atoms with Crippen LogP contribution in [0.25, 0.3) is 0 Å². The van der Waals surface area contributed by atoms with Crippen LogP contribution >= 0.6 is 0 Å². The molecule has 0 amide bonds. The van der Waals surface area contributed by atoms with E-state index >= 15 is 0 Å². The quantitative estimate of drug-likeness (QED) is 0.295. The molecule has 1 aromatic rings. The van der Waals surface area contributed by atoms with Gasteiger partial charge in [-0.15, -0.1) is 0 Å². The Morgan fingerprint density at radius 2 is 1.48 bits per heavy atom. The summed E-state index contributed by atoms with van der Waals surface area (Å²) in [5.41, 5.74) is 1.04. The molecule has 25 heavy (non-hydrogen) atoms. The minimum absolute atomic E-state index is 0.279. The Morgan fingerprint density at radius 3 is 2.04 bits per heavy atom. The van der Waals surface area contributed by atoms with Crippen molar-refractivity contribution in [3.63, 3.8) is 0 Å². The second-order valence-corrected chi connectivity index (χ2v) is 6.87. The summed E-state index contributed by atoms with van der Waals surface area (Å²) in [5.74, 6) is 0.490. The lowest BCUT2D eigenvalue weighted by Gasteiger charge is -2.18. The third-order valence-electron chi connectivity index (χ3n) is 4.65. The largest absolute Gasteiger partial charge is 0.478 e. The van der Waals surface area contributed by atoms with Crippen LogP contribution in [0.5, 0.6) is 5.75 Å². The number of rotatable bonds is 14. The molecule has 0 spiro atoms. The van der Waals surface area contributed by atoms with E-state index < -0.39 is 6.10 Å². The molecule has 0 heterocycles. The topological polar surface area (TPSA) is 35.5 Å². The average molecular weight is 349 g/mol. The molecule has 142 valence electrons. The number of ether oxygens (including phenoxy) is 2. The summed E-state index contributed by atoms with van der Waals surface area (Å²) >= 11 is 0. The summed E-state index contributed by atoms with van der Waals surface area (Å²) in [6, 6.07) is 7.79. The van der Waals surface area contributed by atoms with Crippen molar-refractivity contribution < 1.29 is 14.3 Å². The molecular weight excluding hydrogens is 312 g/mol. The Kier molecular flexibility index (Phi) is 11.8. The maximum Gasteiger partial charge on any atom is 0.347 e. The van der Waals surface area contributed by atoms with Crippen LogP contribution in [-0.2, 0) is 9.53 Å². The summed E-state index contributed by atoms with van der Waals surface area (Å²) in [5, 5.41) is 0. The second kappa shape index (κ2) is 13.7. The maximum atomic E-state index is 12.0. The van der Waals surface area contributed by atoms with E-state index in [0.717, 1.165) is 30.6 Å². The van der Waals surface area contributed by atoms with Gasteiger partial charge in [0.1, 0.15) is 5.75 Å². The number of esters is 1. The highest BCUT2D eigenvalue weighted by molar-refractivity contribution is 5.75. The molecule has 0 aliphatic rings. The number of benzene rings is 1. The number of carbonyl (C=O) groups is 1. The van der Waals surface area contributed by atoms with E-state index in [4.69, 9.17) is 9.47 Å². The van der Waals surface area contributed by atoms with Crippen LogP contribution in [0.15, 0.2) is 24.3 Å². The van der Waals surface area contributed by atoms with Gasteiger partial charge >= 0.3 is 5.97 Å². The summed E-state index contributed by atoms with van der Waals surface area (Å²) in [7, 11) is 1.43. The van der Waals surface area contributed by atoms with Crippen LogP contribution in [0, 0.1) is 6.92 Å². The van der Waals surface area contributed by atoms with Crippen LogP contribution in [0.3, 0.4) is 0 Å². The van der Waals surface area contributed by atoms with Gasteiger partial charge in [0, 0.05) is 0 Å². The predicted molar refractivity (Wildman–Crippen MR) is 104 cm³/mol. The molecule has 0 bridgehead atoms. The van der Waals surface area contributed by atoms with Gasteiger partial charge in [-0.05, 0) is 31.4 Å². The second-order valence-electron chi connectivity index (χ2n) is 6.87. The Balaban J connectivity index is 2.21. The van der Waals surface area contributed by atoms with Gasteiger partial charge in [-0.1, -0.05) is 82.9 Å². The molecule has 0 fully saturated rings. The molecular formula is C22H36O3. The van der Waals surface area contributed by atoms with Crippen molar-refractivity contribution in [1.82, 2.24) is 0 Å². The number of hydrogen-bond donors (Lipinski definition) is 0. The van der Waals surface area contributed by atoms with Crippen LogP contribution in [0.4, 0.5) is 0 Å². The Morgan fingerprint density at radius 1 is 0.920 bits per heavy atom. The smallest absolute Gasteiger partial charge is 0.347 e. The van der Waals surface area contributed by atoms with E-state index in [1.807, 2.05) is 31.2 Å². The number of methoxy groups -OCH3 is 1. The Bertz CT molecular complexity index is 470. The highest BCUT2D eigenvalue weighted by atomic mass is 16.6. The van der Waals surface area contributed by atoms with Crippen molar-refractivity contribution in [2.45, 2.75) is 90.6 Å². The first-order chi connectivity index (χ1) is 12.2. The molecule has 0 aliphatic heterocycles. The van der Waals surface area contributed by atoms with E-state index in [1.54, 1.807) is 0 Å². The SMILES string of the molecule is CCCCCCCCCCCCC(Oc1ccccc1C)C(=O)OC. The monoisotopic (exact) mass is 348 g/mol. The lowest BCUT2D eigenvalue weighted by atomic mass is 10.0. The molecule has 3 heteroatoms. The highest BCUT2D eigenvalue weighted by Crippen LogP contribution is 2.21. The minimum atomic E-state index is -0.500. The molecule has 0 N–H and O–H groups in total. The molecule has 0 saturated carbocycles. The van der Waals surface area contributed by atoms with Crippen LogP contribution in [0.1, 0.15) is 83.1 Å². The number of hydrogen-bond acceptors (Lipinski definition) is 3. The highest BCUT2D eigenvalue weighted by Gasteiger charge is 2.21. The molecule has 3 nitrogen and oxygen atoms in total. The van der Waals surface area contributed by atoms with Crippen molar-refractivity contribution in [3.8, 4) is 5.75 Å². The molecule has 1 atom stereocenters. The van der Waals surface area contributed by atoms with Crippen molar-refractivity contribution in [2.24, 2.45) is 0 Å². The lowest BCUT2D eigenvalue weighted by molar-refractivity contribution is -0.149. The van der Waals surface area contributed by atoms with E-state index in [0.29, 0.717) is 0 Å². The zero-order valence-electron chi connectivity index (χ0n) is 16.4. The van der Waals surface area contributed by atoms with E-state index in [9.17, 15) is 4.79 Å². The third kappa shape index (κ3) is 9.52. The number of carbonyl (C=O) groups excluding carboxylic acids is 1. The zero-order chi connectivity index (χ0) is 18.3. The van der Waals surface area contributed by atoms with Crippen molar-refractivity contribution in [2.75, 3.05) is 7.11 Å². The minimum Gasteiger partial charge on any atom is -0.478 e. The first kappa shape index (κ1) is 21.5. The fourth-order valence-electron chi connectivity index (χ4n) is 3.02.